The first-order chi connectivity index (χ1) is 16.8. The van der Waals surface area contributed by atoms with E-state index in [2.05, 4.69) is 0 Å². The maximum absolute atomic E-state index is 13.3. The molecule has 1 fully saturated rings. The molecule has 1 saturated heterocycles. The molecular weight excluding hydrogens is 474 g/mol. The Labute approximate surface area is 202 Å². The number of ether oxygens (including phenoxy) is 3. The summed E-state index contributed by atoms with van der Waals surface area (Å²) in [5.74, 6) is 1.18. The Kier molecular flexibility index (Phi) is 6.02. The molecule has 1 atom stereocenters. The fourth-order valence-electron chi connectivity index (χ4n) is 4.48. The second kappa shape index (κ2) is 9.01. The van der Waals surface area contributed by atoms with E-state index < -0.39 is 15.8 Å². The van der Waals surface area contributed by atoms with Crippen LogP contribution in [0.2, 0.25) is 0 Å². The predicted octanol–water partition coefficient (Wildman–Crippen LogP) is 3.41. The molecule has 10 heteroatoms. The molecule has 1 unspecified atom stereocenters. The summed E-state index contributed by atoms with van der Waals surface area (Å²) >= 11 is 0. The number of rotatable bonds is 5. The van der Waals surface area contributed by atoms with Crippen molar-refractivity contribution >= 4 is 26.8 Å². The first-order valence-electron chi connectivity index (χ1n) is 11.4. The zero-order valence-corrected chi connectivity index (χ0v) is 20.2. The van der Waals surface area contributed by atoms with Crippen molar-refractivity contribution in [3.8, 4) is 17.2 Å². The number of carbonyl (C=O) groups is 1. The molecule has 2 aromatic carbocycles. The van der Waals surface area contributed by atoms with Gasteiger partial charge in [-0.3, -0.25) is 9.69 Å². The SMILES string of the molecule is CCOC(=O)c1ccc(Oc2c(C)oc3c4c(ccc3c2=O)OCN(C2CCS(=O)(=O)C2)C4)cc1. The summed E-state index contributed by atoms with van der Waals surface area (Å²) in [4.78, 5) is 27.2. The number of fused-ring (bicyclic) bond motifs is 3. The van der Waals surface area contributed by atoms with Crippen LogP contribution in [0.5, 0.6) is 17.2 Å². The summed E-state index contributed by atoms with van der Waals surface area (Å²) in [6.45, 7) is 4.36. The van der Waals surface area contributed by atoms with Gasteiger partial charge < -0.3 is 18.6 Å². The lowest BCUT2D eigenvalue weighted by Gasteiger charge is -2.33. The molecule has 2 aliphatic rings. The molecule has 0 bridgehead atoms. The highest BCUT2D eigenvalue weighted by Crippen LogP contribution is 2.35. The van der Waals surface area contributed by atoms with E-state index in [1.807, 2.05) is 4.90 Å². The van der Waals surface area contributed by atoms with Crippen LogP contribution in [-0.2, 0) is 21.1 Å². The van der Waals surface area contributed by atoms with Gasteiger partial charge in [0.1, 0.15) is 29.6 Å². The van der Waals surface area contributed by atoms with E-state index in [0.29, 0.717) is 52.3 Å². The average molecular weight is 500 g/mol. The Morgan fingerprint density at radius 1 is 1.17 bits per heavy atom. The summed E-state index contributed by atoms with van der Waals surface area (Å²) in [6, 6.07) is 9.55. The molecule has 0 aliphatic carbocycles. The highest BCUT2D eigenvalue weighted by atomic mass is 32.2. The van der Waals surface area contributed by atoms with Gasteiger partial charge in [-0.05, 0) is 56.7 Å². The molecule has 184 valence electrons. The minimum atomic E-state index is -3.04. The van der Waals surface area contributed by atoms with Crippen molar-refractivity contribution < 1.29 is 31.8 Å². The van der Waals surface area contributed by atoms with Crippen molar-refractivity contribution in [2.45, 2.75) is 32.9 Å². The number of aryl methyl sites for hydroxylation is 1. The highest BCUT2D eigenvalue weighted by Gasteiger charge is 2.35. The zero-order valence-electron chi connectivity index (χ0n) is 19.4. The molecule has 3 aromatic rings. The lowest BCUT2D eigenvalue weighted by Crippen LogP contribution is -2.41. The second-order valence-electron chi connectivity index (χ2n) is 8.66. The molecular formula is C25H25NO8S. The molecule has 0 amide bonds. The Balaban J connectivity index is 1.45. The van der Waals surface area contributed by atoms with Crippen molar-refractivity contribution in [2.75, 3.05) is 24.8 Å². The van der Waals surface area contributed by atoms with E-state index in [-0.39, 0.29) is 42.1 Å². The first-order valence-corrected chi connectivity index (χ1v) is 13.2. The number of esters is 1. The maximum atomic E-state index is 13.3. The van der Waals surface area contributed by atoms with Crippen LogP contribution in [0.25, 0.3) is 11.0 Å². The van der Waals surface area contributed by atoms with E-state index >= 15 is 0 Å². The molecule has 1 aromatic heterocycles. The molecule has 3 heterocycles. The number of hydrogen-bond acceptors (Lipinski definition) is 9. The zero-order chi connectivity index (χ0) is 24.7. The van der Waals surface area contributed by atoms with Gasteiger partial charge in [-0.2, -0.15) is 0 Å². The quantitative estimate of drug-likeness (QED) is 0.487. The number of nitrogens with zero attached hydrogens (tertiary/aromatic N) is 1. The van der Waals surface area contributed by atoms with Crippen LogP contribution in [0, 0.1) is 6.92 Å². The van der Waals surface area contributed by atoms with Crippen LogP contribution in [0.3, 0.4) is 0 Å². The minimum Gasteiger partial charge on any atom is -0.478 e. The topological polar surface area (TPSA) is 112 Å². The van der Waals surface area contributed by atoms with E-state index in [4.69, 9.17) is 18.6 Å². The summed E-state index contributed by atoms with van der Waals surface area (Å²) < 4.78 is 46.6. The standard InChI is InChI=1S/C25H25NO8S/c1-3-31-25(28)16-4-6-18(7-5-16)34-23-15(2)33-24-19(22(23)27)8-9-21-20(24)12-26(14-32-21)17-10-11-35(29,30)13-17/h4-9,17H,3,10-14H2,1-2H3. The molecule has 35 heavy (non-hydrogen) atoms. The third-order valence-corrected chi connectivity index (χ3v) is 8.05. The molecule has 0 N–H and O–H groups in total. The van der Waals surface area contributed by atoms with E-state index in [0.717, 1.165) is 0 Å². The van der Waals surface area contributed by atoms with Crippen LogP contribution >= 0.6 is 0 Å². The Hall–Kier alpha value is -3.37. The first kappa shape index (κ1) is 23.4. The normalized spacial score (nSPS) is 19.2. The molecule has 9 nitrogen and oxygen atoms in total. The third-order valence-electron chi connectivity index (χ3n) is 6.30. The minimum absolute atomic E-state index is 0.0526. The highest BCUT2D eigenvalue weighted by molar-refractivity contribution is 7.91. The van der Waals surface area contributed by atoms with Gasteiger partial charge in [-0.15, -0.1) is 0 Å². The van der Waals surface area contributed by atoms with Gasteiger partial charge in [-0.1, -0.05) is 0 Å². The van der Waals surface area contributed by atoms with E-state index in [9.17, 15) is 18.0 Å². The van der Waals surface area contributed by atoms with Gasteiger partial charge >= 0.3 is 5.97 Å². The Morgan fingerprint density at radius 3 is 2.63 bits per heavy atom. The van der Waals surface area contributed by atoms with Gasteiger partial charge in [0.2, 0.25) is 11.2 Å². The molecule has 2 aliphatic heterocycles. The van der Waals surface area contributed by atoms with Crippen LogP contribution in [0.1, 0.15) is 35.0 Å². The van der Waals surface area contributed by atoms with Crippen LogP contribution in [-0.4, -0.2) is 50.2 Å². The van der Waals surface area contributed by atoms with Crippen molar-refractivity contribution in [3.05, 3.63) is 63.5 Å². The lowest BCUT2D eigenvalue weighted by atomic mass is 10.1. The fourth-order valence-corrected chi connectivity index (χ4v) is 6.24. The van der Waals surface area contributed by atoms with E-state index in [1.165, 1.54) is 0 Å². The average Bonchev–Trinajstić information content (AvgIpc) is 3.21. The summed E-state index contributed by atoms with van der Waals surface area (Å²) in [5.41, 5.74) is 1.17. The van der Waals surface area contributed by atoms with Gasteiger partial charge in [-0.25, -0.2) is 13.2 Å². The molecule has 0 radical (unpaired) electrons. The van der Waals surface area contributed by atoms with Crippen LogP contribution in [0.4, 0.5) is 0 Å². The second-order valence-corrected chi connectivity index (χ2v) is 10.9. The number of carbonyl (C=O) groups excluding carboxylic acids is 1. The third kappa shape index (κ3) is 4.51. The van der Waals surface area contributed by atoms with E-state index in [1.54, 1.807) is 50.2 Å². The van der Waals surface area contributed by atoms with Crippen LogP contribution in [0.15, 0.2) is 45.6 Å². The van der Waals surface area contributed by atoms with Gasteiger partial charge in [0, 0.05) is 12.6 Å². The van der Waals surface area contributed by atoms with Crippen molar-refractivity contribution in [1.82, 2.24) is 4.90 Å². The molecule has 0 saturated carbocycles. The van der Waals surface area contributed by atoms with Crippen molar-refractivity contribution in [3.63, 3.8) is 0 Å². The Morgan fingerprint density at radius 2 is 1.94 bits per heavy atom. The monoisotopic (exact) mass is 499 g/mol. The van der Waals surface area contributed by atoms with Crippen molar-refractivity contribution in [2.24, 2.45) is 0 Å². The van der Waals surface area contributed by atoms with Crippen molar-refractivity contribution in [1.29, 1.82) is 0 Å². The van der Waals surface area contributed by atoms with Gasteiger partial charge in [0.05, 0.1) is 34.6 Å². The largest absolute Gasteiger partial charge is 0.478 e. The molecule has 5 rings (SSSR count). The lowest BCUT2D eigenvalue weighted by molar-refractivity contribution is 0.0526. The predicted molar refractivity (Wildman–Crippen MR) is 128 cm³/mol. The summed E-state index contributed by atoms with van der Waals surface area (Å²) in [6.07, 6.45) is 0.557. The van der Waals surface area contributed by atoms with Crippen LogP contribution < -0.4 is 14.9 Å². The summed E-state index contributed by atoms with van der Waals surface area (Å²) in [7, 11) is -3.04. The maximum Gasteiger partial charge on any atom is 0.338 e. The number of hydrogen-bond donors (Lipinski definition) is 0. The number of sulfone groups is 1. The smallest absolute Gasteiger partial charge is 0.338 e. The molecule has 0 spiro atoms. The fraction of sp³-hybridized carbons (Fsp3) is 0.360. The van der Waals surface area contributed by atoms with Gasteiger partial charge in [0.25, 0.3) is 0 Å². The van der Waals surface area contributed by atoms with Gasteiger partial charge in [0.15, 0.2) is 9.84 Å². The Bertz CT molecular complexity index is 1460. The number of benzene rings is 2. The summed E-state index contributed by atoms with van der Waals surface area (Å²) in [5, 5.41) is 0.344.